The predicted molar refractivity (Wildman–Crippen MR) is 100 cm³/mol. The molecule has 0 saturated carbocycles. The van der Waals surface area contributed by atoms with Crippen LogP contribution in [0.1, 0.15) is 54.9 Å². The van der Waals surface area contributed by atoms with E-state index in [0.29, 0.717) is 31.1 Å². The summed E-state index contributed by atoms with van der Waals surface area (Å²) in [5.41, 5.74) is 4.18. The predicted octanol–water partition coefficient (Wildman–Crippen LogP) is 2.65. The van der Waals surface area contributed by atoms with Gasteiger partial charge in [-0.15, -0.1) is 0 Å². The molecule has 0 radical (unpaired) electrons. The second kappa shape index (κ2) is 6.61. The van der Waals surface area contributed by atoms with E-state index in [1.165, 1.54) is 5.69 Å². The Balaban J connectivity index is 1.35. The highest BCUT2D eigenvalue weighted by atomic mass is 16.5. The monoisotopic (exact) mass is 381 g/mol. The number of nitrogens with zero attached hydrogens (tertiary/aromatic N) is 5. The first-order valence-electron chi connectivity index (χ1n) is 9.87. The molecule has 3 aromatic heterocycles. The smallest absolute Gasteiger partial charge is 0.254 e. The van der Waals surface area contributed by atoms with E-state index in [1.807, 2.05) is 30.6 Å². The zero-order valence-corrected chi connectivity index (χ0v) is 16.1. The molecule has 2 atom stereocenters. The third-order valence-electron chi connectivity index (χ3n) is 5.73. The summed E-state index contributed by atoms with van der Waals surface area (Å²) in [5, 5.41) is 8.47. The van der Waals surface area contributed by atoms with E-state index in [-0.39, 0.29) is 18.0 Å². The fourth-order valence-electron chi connectivity index (χ4n) is 4.57. The van der Waals surface area contributed by atoms with E-state index in [1.54, 1.807) is 6.07 Å². The Morgan fingerprint density at radius 3 is 3.11 bits per heavy atom. The standard InChI is InChI=1S/C20H23N5O3/c1-3-27-19-10-14(28-23-19)5-7-20(26)24-13-4-6-16(24)15-11-21-18-8-12(2)22-25(18)17(15)9-13/h8,10-11,13,16H,3-7,9H2,1-2H3/t13-,16+/m1/s1. The van der Waals surface area contributed by atoms with Crippen molar-refractivity contribution in [3.63, 3.8) is 0 Å². The van der Waals surface area contributed by atoms with E-state index in [2.05, 4.69) is 20.1 Å². The van der Waals surface area contributed by atoms with E-state index in [4.69, 9.17) is 9.26 Å². The van der Waals surface area contributed by atoms with Crippen molar-refractivity contribution in [3.05, 3.63) is 41.0 Å². The molecule has 0 N–H and O–H groups in total. The molecule has 0 spiro atoms. The fraction of sp³-hybridized carbons (Fsp3) is 0.500. The Labute approximate surface area is 162 Å². The van der Waals surface area contributed by atoms with E-state index in [9.17, 15) is 4.79 Å². The molecule has 5 rings (SSSR count). The molecule has 146 valence electrons. The summed E-state index contributed by atoms with van der Waals surface area (Å²) in [6.45, 7) is 4.42. The topological polar surface area (TPSA) is 85.8 Å². The Bertz CT molecular complexity index is 1040. The largest absolute Gasteiger partial charge is 0.476 e. The third-order valence-corrected chi connectivity index (χ3v) is 5.73. The van der Waals surface area contributed by atoms with Crippen molar-refractivity contribution in [1.82, 2.24) is 24.7 Å². The number of ether oxygens (including phenoxy) is 1. The molecule has 0 aromatic carbocycles. The molecular formula is C20H23N5O3. The van der Waals surface area contributed by atoms with Crippen molar-refractivity contribution in [2.75, 3.05) is 6.61 Å². The van der Waals surface area contributed by atoms with Gasteiger partial charge >= 0.3 is 0 Å². The number of carbonyl (C=O) groups excluding carboxylic acids is 1. The minimum atomic E-state index is 0.0939. The number of aromatic nitrogens is 4. The fourth-order valence-corrected chi connectivity index (χ4v) is 4.57. The lowest BCUT2D eigenvalue weighted by atomic mass is 9.98. The van der Waals surface area contributed by atoms with Gasteiger partial charge in [-0.25, -0.2) is 9.50 Å². The first-order chi connectivity index (χ1) is 13.6. The number of fused-ring (bicyclic) bond motifs is 6. The Hall–Kier alpha value is -2.90. The van der Waals surface area contributed by atoms with Crippen LogP contribution in [0, 0.1) is 6.92 Å². The van der Waals surface area contributed by atoms with Crippen LogP contribution < -0.4 is 4.74 Å². The van der Waals surface area contributed by atoms with Gasteiger partial charge in [0.1, 0.15) is 5.76 Å². The van der Waals surface area contributed by atoms with Crippen molar-refractivity contribution < 1.29 is 14.1 Å². The lowest BCUT2D eigenvalue weighted by Crippen LogP contribution is -2.42. The lowest BCUT2D eigenvalue weighted by Gasteiger charge is -2.36. The minimum absolute atomic E-state index is 0.0939. The van der Waals surface area contributed by atoms with Crippen molar-refractivity contribution in [1.29, 1.82) is 0 Å². The first-order valence-corrected chi connectivity index (χ1v) is 9.87. The minimum Gasteiger partial charge on any atom is -0.476 e. The van der Waals surface area contributed by atoms with Gasteiger partial charge in [-0.05, 0) is 31.8 Å². The zero-order chi connectivity index (χ0) is 19.3. The Morgan fingerprint density at radius 1 is 1.36 bits per heavy atom. The maximum absolute atomic E-state index is 13.0. The van der Waals surface area contributed by atoms with Gasteiger partial charge in [0.25, 0.3) is 5.88 Å². The van der Waals surface area contributed by atoms with Gasteiger partial charge in [0, 0.05) is 49.2 Å². The van der Waals surface area contributed by atoms with Gasteiger partial charge in [0.05, 0.1) is 24.0 Å². The molecule has 0 unspecified atom stereocenters. The summed E-state index contributed by atoms with van der Waals surface area (Å²) < 4.78 is 12.5. The van der Waals surface area contributed by atoms with Crippen molar-refractivity contribution in [3.8, 4) is 5.88 Å². The maximum atomic E-state index is 13.0. The number of hydrogen-bond acceptors (Lipinski definition) is 6. The Morgan fingerprint density at radius 2 is 2.25 bits per heavy atom. The number of rotatable bonds is 5. The van der Waals surface area contributed by atoms with Gasteiger partial charge in [-0.2, -0.15) is 5.10 Å². The van der Waals surface area contributed by atoms with E-state index >= 15 is 0 Å². The van der Waals surface area contributed by atoms with Crippen LogP contribution in [0.2, 0.25) is 0 Å². The highest BCUT2D eigenvalue weighted by molar-refractivity contribution is 5.78. The SMILES string of the molecule is CCOc1cc(CCC(=O)N2[C@@H]3CC[C@H]2c2cnc4cc(C)nn4c2C3)on1. The number of aryl methyl sites for hydroxylation is 2. The van der Waals surface area contributed by atoms with Gasteiger partial charge in [0.15, 0.2) is 5.65 Å². The highest BCUT2D eigenvalue weighted by Crippen LogP contribution is 2.43. The normalized spacial score (nSPS) is 20.6. The zero-order valence-electron chi connectivity index (χ0n) is 16.1. The van der Waals surface area contributed by atoms with E-state index in [0.717, 1.165) is 36.2 Å². The quantitative estimate of drug-likeness (QED) is 0.675. The van der Waals surface area contributed by atoms with Crippen LogP contribution in [0.5, 0.6) is 5.88 Å². The summed E-state index contributed by atoms with van der Waals surface area (Å²) in [5.74, 6) is 1.31. The molecular weight excluding hydrogens is 358 g/mol. The number of carbonyl (C=O) groups is 1. The summed E-state index contributed by atoms with van der Waals surface area (Å²) in [4.78, 5) is 19.7. The van der Waals surface area contributed by atoms with Gasteiger partial charge < -0.3 is 14.2 Å². The molecule has 28 heavy (non-hydrogen) atoms. The summed E-state index contributed by atoms with van der Waals surface area (Å²) in [6, 6.07) is 4.08. The molecule has 5 heterocycles. The lowest BCUT2D eigenvalue weighted by molar-refractivity contribution is -0.134. The second-order valence-electron chi connectivity index (χ2n) is 7.53. The van der Waals surface area contributed by atoms with Crippen LogP contribution in [0.15, 0.2) is 22.9 Å². The molecule has 2 bridgehead atoms. The second-order valence-corrected chi connectivity index (χ2v) is 7.53. The molecule has 8 nitrogen and oxygen atoms in total. The van der Waals surface area contributed by atoms with E-state index < -0.39 is 0 Å². The van der Waals surface area contributed by atoms with Gasteiger partial charge in [0.2, 0.25) is 5.91 Å². The molecule has 1 amide bonds. The first kappa shape index (κ1) is 17.2. The van der Waals surface area contributed by atoms with Crippen LogP contribution in [0.3, 0.4) is 0 Å². The summed E-state index contributed by atoms with van der Waals surface area (Å²) in [7, 11) is 0. The molecule has 8 heteroatoms. The number of amides is 1. The van der Waals surface area contributed by atoms with Crippen LogP contribution in [-0.2, 0) is 17.6 Å². The van der Waals surface area contributed by atoms with Crippen molar-refractivity contribution >= 4 is 11.6 Å². The average molecular weight is 381 g/mol. The molecule has 1 saturated heterocycles. The van der Waals surface area contributed by atoms with Crippen LogP contribution in [0.25, 0.3) is 5.65 Å². The summed E-state index contributed by atoms with van der Waals surface area (Å²) in [6.07, 6.45) is 5.69. The highest BCUT2D eigenvalue weighted by Gasteiger charge is 2.43. The maximum Gasteiger partial charge on any atom is 0.254 e. The third kappa shape index (κ3) is 2.75. The molecule has 2 aliphatic rings. The molecule has 1 fully saturated rings. The van der Waals surface area contributed by atoms with Crippen molar-refractivity contribution in [2.45, 2.75) is 58.0 Å². The molecule has 0 aliphatic carbocycles. The molecule has 2 aliphatic heterocycles. The van der Waals surface area contributed by atoms with Crippen LogP contribution in [0.4, 0.5) is 0 Å². The Kier molecular flexibility index (Phi) is 4.07. The van der Waals surface area contributed by atoms with Crippen molar-refractivity contribution in [2.24, 2.45) is 0 Å². The van der Waals surface area contributed by atoms with Crippen LogP contribution >= 0.6 is 0 Å². The van der Waals surface area contributed by atoms with Gasteiger partial charge in [-0.3, -0.25) is 4.79 Å². The van der Waals surface area contributed by atoms with Crippen LogP contribution in [-0.4, -0.2) is 43.2 Å². The van der Waals surface area contributed by atoms with Gasteiger partial charge in [-0.1, -0.05) is 0 Å². The molecule has 3 aromatic rings. The summed E-state index contributed by atoms with van der Waals surface area (Å²) >= 11 is 0. The number of hydrogen-bond donors (Lipinski definition) is 0. The average Bonchev–Trinajstić information content (AvgIpc) is 3.37.